The number of imidazole rings is 1. The summed E-state index contributed by atoms with van der Waals surface area (Å²) < 4.78 is 7.54. The molecule has 0 spiro atoms. The van der Waals surface area contributed by atoms with Crippen LogP contribution in [0.5, 0.6) is 5.75 Å². The van der Waals surface area contributed by atoms with Crippen molar-refractivity contribution in [3.8, 4) is 5.75 Å². The van der Waals surface area contributed by atoms with Gasteiger partial charge in [-0.25, -0.2) is 4.98 Å². The Morgan fingerprint density at radius 1 is 1.21 bits per heavy atom. The van der Waals surface area contributed by atoms with E-state index in [0.717, 1.165) is 22.7 Å². The van der Waals surface area contributed by atoms with Crippen molar-refractivity contribution in [3.05, 3.63) is 66.1 Å². The third-order valence-electron chi connectivity index (χ3n) is 3.71. The first-order chi connectivity index (χ1) is 11.8. The van der Waals surface area contributed by atoms with Crippen molar-refractivity contribution in [2.75, 3.05) is 13.2 Å². The lowest BCUT2D eigenvalue weighted by Crippen LogP contribution is -2.27. The molecule has 0 saturated heterocycles. The number of hydrogen-bond acceptors (Lipinski definition) is 3. The molecule has 0 atom stereocenters. The van der Waals surface area contributed by atoms with Gasteiger partial charge < -0.3 is 14.5 Å². The van der Waals surface area contributed by atoms with Crippen molar-refractivity contribution >= 4 is 11.6 Å². The van der Waals surface area contributed by atoms with Crippen LogP contribution in [0.4, 0.5) is 0 Å². The number of carbonyl (C=O) groups excluding carboxylic acids is 1. The molecule has 0 radical (unpaired) electrons. The Labute approximate surface area is 141 Å². The standard InChI is InChI=1S/C19H21N3O2/c1-2-24-17-9-6-12-22-14-16(21-19(17)22)10-11-20-18(23)13-15-7-4-3-5-8-15/h3-9,12,14H,2,10-11,13H2,1H3,(H,20,23). The number of ether oxygens (including phenoxy) is 1. The number of nitrogens with one attached hydrogen (secondary N) is 1. The van der Waals surface area contributed by atoms with Gasteiger partial charge >= 0.3 is 0 Å². The van der Waals surface area contributed by atoms with E-state index in [0.29, 0.717) is 26.0 Å². The predicted octanol–water partition coefficient (Wildman–Crippen LogP) is 2.63. The summed E-state index contributed by atoms with van der Waals surface area (Å²) in [6, 6.07) is 13.6. The molecule has 0 aliphatic heterocycles. The molecule has 124 valence electrons. The van der Waals surface area contributed by atoms with Crippen LogP contribution in [0.15, 0.2) is 54.9 Å². The Kier molecular flexibility index (Phi) is 5.11. The Hall–Kier alpha value is -2.82. The van der Waals surface area contributed by atoms with E-state index in [9.17, 15) is 4.79 Å². The van der Waals surface area contributed by atoms with Crippen LogP contribution in [0.25, 0.3) is 5.65 Å². The summed E-state index contributed by atoms with van der Waals surface area (Å²) in [5.74, 6) is 0.805. The first kappa shape index (κ1) is 16.1. The molecule has 1 N–H and O–H groups in total. The average molecular weight is 323 g/mol. The Morgan fingerprint density at radius 3 is 2.83 bits per heavy atom. The van der Waals surface area contributed by atoms with Gasteiger partial charge in [0.2, 0.25) is 5.91 Å². The number of benzene rings is 1. The highest BCUT2D eigenvalue weighted by Gasteiger charge is 2.08. The van der Waals surface area contributed by atoms with E-state index in [-0.39, 0.29) is 5.91 Å². The molecule has 0 aliphatic rings. The molecule has 3 rings (SSSR count). The smallest absolute Gasteiger partial charge is 0.224 e. The minimum Gasteiger partial charge on any atom is -0.490 e. The van der Waals surface area contributed by atoms with Gasteiger partial charge in [-0.15, -0.1) is 0 Å². The quantitative estimate of drug-likeness (QED) is 0.727. The van der Waals surface area contributed by atoms with Gasteiger partial charge in [-0.2, -0.15) is 0 Å². The minimum absolute atomic E-state index is 0.0277. The minimum atomic E-state index is 0.0277. The zero-order valence-corrected chi connectivity index (χ0v) is 13.7. The maximum Gasteiger partial charge on any atom is 0.224 e. The van der Waals surface area contributed by atoms with Gasteiger partial charge in [0, 0.05) is 25.4 Å². The molecule has 1 amide bonds. The predicted molar refractivity (Wildman–Crippen MR) is 93.2 cm³/mol. The van der Waals surface area contributed by atoms with Crippen molar-refractivity contribution in [1.29, 1.82) is 0 Å². The van der Waals surface area contributed by atoms with Crippen LogP contribution < -0.4 is 10.1 Å². The SMILES string of the molecule is CCOc1cccn2cc(CCNC(=O)Cc3ccccc3)nc12. The van der Waals surface area contributed by atoms with E-state index in [1.165, 1.54) is 0 Å². The van der Waals surface area contributed by atoms with Crippen LogP contribution in [0, 0.1) is 0 Å². The van der Waals surface area contributed by atoms with Crippen molar-refractivity contribution in [2.45, 2.75) is 19.8 Å². The second kappa shape index (κ2) is 7.64. The van der Waals surface area contributed by atoms with E-state index in [4.69, 9.17) is 4.74 Å². The highest BCUT2D eigenvalue weighted by Crippen LogP contribution is 2.18. The molecule has 5 nitrogen and oxygen atoms in total. The number of pyridine rings is 1. The molecular weight excluding hydrogens is 302 g/mol. The van der Waals surface area contributed by atoms with Crippen LogP contribution in [0.2, 0.25) is 0 Å². The van der Waals surface area contributed by atoms with E-state index >= 15 is 0 Å². The third-order valence-corrected chi connectivity index (χ3v) is 3.71. The van der Waals surface area contributed by atoms with Gasteiger partial charge in [0.1, 0.15) is 0 Å². The first-order valence-corrected chi connectivity index (χ1v) is 8.16. The Balaban J connectivity index is 1.56. The van der Waals surface area contributed by atoms with Crippen molar-refractivity contribution in [2.24, 2.45) is 0 Å². The number of amides is 1. The molecule has 0 unspecified atom stereocenters. The lowest BCUT2D eigenvalue weighted by Gasteiger charge is -2.04. The van der Waals surface area contributed by atoms with Crippen LogP contribution >= 0.6 is 0 Å². The van der Waals surface area contributed by atoms with Crippen LogP contribution in [0.3, 0.4) is 0 Å². The topological polar surface area (TPSA) is 55.6 Å². The molecule has 3 aromatic rings. The first-order valence-electron chi connectivity index (χ1n) is 8.16. The Morgan fingerprint density at radius 2 is 2.04 bits per heavy atom. The van der Waals surface area contributed by atoms with Crippen LogP contribution in [-0.2, 0) is 17.6 Å². The third kappa shape index (κ3) is 3.93. The summed E-state index contributed by atoms with van der Waals surface area (Å²) in [6.07, 6.45) is 5.01. The number of fused-ring (bicyclic) bond motifs is 1. The molecule has 0 aliphatic carbocycles. The second-order valence-corrected chi connectivity index (χ2v) is 5.53. The summed E-state index contributed by atoms with van der Waals surface area (Å²) >= 11 is 0. The molecular formula is C19H21N3O2. The zero-order valence-electron chi connectivity index (χ0n) is 13.7. The van der Waals surface area contributed by atoms with Gasteiger partial charge in [0.15, 0.2) is 11.4 Å². The summed E-state index contributed by atoms with van der Waals surface area (Å²) in [7, 11) is 0. The van der Waals surface area contributed by atoms with Gasteiger partial charge in [0.05, 0.1) is 18.7 Å². The number of aromatic nitrogens is 2. The molecule has 2 heterocycles. The lowest BCUT2D eigenvalue weighted by molar-refractivity contribution is -0.120. The van der Waals surface area contributed by atoms with Gasteiger partial charge in [-0.05, 0) is 24.6 Å². The van der Waals surface area contributed by atoms with E-state index in [2.05, 4.69) is 10.3 Å². The molecule has 2 aromatic heterocycles. The van der Waals surface area contributed by atoms with Gasteiger partial charge in [-0.1, -0.05) is 30.3 Å². The highest BCUT2D eigenvalue weighted by atomic mass is 16.5. The maximum absolute atomic E-state index is 12.0. The van der Waals surface area contributed by atoms with E-state index in [1.807, 2.05) is 66.2 Å². The monoisotopic (exact) mass is 323 g/mol. The largest absolute Gasteiger partial charge is 0.490 e. The summed E-state index contributed by atoms with van der Waals surface area (Å²) in [4.78, 5) is 16.6. The zero-order chi connectivity index (χ0) is 16.8. The van der Waals surface area contributed by atoms with Crippen LogP contribution in [-0.4, -0.2) is 28.4 Å². The number of nitrogens with zero attached hydrogens (tertiary/aromatic N) is 2. The average Bonchev–Trinajstić information content (AvgIpc) is 3.00. The van der Waals surface area contributed by atoms with E-state index in [1.54, 1.807) is 0 Å². The lowest BCUT2D eigenvalue weighted by atomic mass is 10.1. The van der Waals surface area contributed by atoms with Crippen molar-refractivity contribution < 1.29 is 9.53 Å². The Bertz CT molecular complexity index is 812. The van der Waals surface area contributed by atoms with Crippen LogP contribution in [0.1, 0.15) is 18.2 Å². The van der Waals surface area contributed by atoms with Crippen molar-refractivity contribution in [3.63, 3.8) is 0 Å². The fourth-order valence-electron chi connectivity index (χ4n) is 2.60. The number of hydrogen-bond donors (Lipinski definition) is 1. The molecule has 1 aromatic carbocycles. The second-order valence-electron chi connectivity index (χ2n) is 5.53. The molecule has 0 fully saturated rings. The number of rotatable bonds is 7. The molecule has 5 heteroatoms. The maximum atomic E-state index is 12.0. The number of carbonyl (C=O) groups is 1. The molecule has 24 heavy (non-hydrogen) atoms. The summed E-state index contributed by atoms with van der Waals surface area (Å²) in [5.41, 5.74) is 2.76. The van der Waals surface area contributed by atoms with Gasteiger partial charge in [0.25, 0.3) is 0 Å². The summed E-state index contributed by atoms with van der Waals surface area (Å²) in [6.45, 7) is 3.13. The normalized spacial score (nSPS) is 10.7. The summed E-state index contributed by atoms with van der Waals surface area (Å²) in [5, 5.41) is 2.94. The molecule has 0 bridgehead atoms. The highest BCUT2D eigenvalue weighted by molar-refractivity contribution is 5.78. The van der Waals surface area contributed by atoms with Crippen molar-refractivity contribution in [1.82, 2.24) is 14.7 Å². The fraction of sp³-hybridized carbons (Fsp3) is 0.263. The molecule has 0 saturated carbocycles. The van der Waals surface area contributed by atoms with E-state index < -0.39 is 0 Å². The van der Waals surface area contributed by atoms with Gasteiger partial charge in [-0.3, -0.25) is 4.79 Å². The fourth-order valence-corrected chi connectivity index (χ4v) is 2.60.